The zero-order valence-corrected chi connectivity index (χ0v) is 11.8. The van der Waals surface area contributed by atoms with Gasteiger partial charge in [0.1, 0.15) is 0 Å². The van der Waals surface area contributed by atoms with Crippen LogP contribution in [-0.4, -0.2) is 13.4 Å². The Morgan fingerprint density at radius 1 is 1.33 bits per heavy atom. The molecule has 0 amide bonds. The van der Waals surface area contributed by atoms with E-state index >= 15 is 0 Å². The lowest BCUT2D eigenvalue weighted by atomic mass is 10.2. The van der Waals surface area contributed by atoms with E-state index in [0.717, 1.165) is 16.8 Å². The predicted molar refractivity (Wildman–Crippen MR) is 74.3 cm³/mol. The van der Waals surface area contributed by atoms with Crippen molar-refractivity contribution in [2.45, 2.75) is 19.6 Å². The van der Waals surface area contributed by atoms with E-state index in [1.54, 1.807) is 6.07 Å². The van der Waals surface area contributed by atoms with Crippen molar-refractivity contribution in [3.63, 3.8) is 0 Å². The van der Waals surface area contributed by atoms with E-state index < -0.39 is 10.0 Å². The van der Waals surface area contributed by atoms with Crippen molar-refractivity contribution in [3.8, 4) is 0 Å². The number of benzene rings is 1. The summed E-state index contributed by atoms with van der Waals surface area (Å²) >= 11 is 1.29. The lowest BCUT2D eigenvalue weighted by molar-refractivity contribution is 0.600. The molecule has 0 aliphatic carbocycles. The molecule has 1 aromatic heterocycles. The van der Waals surface area contributed by atoms with Crippen LogP contribution in [0.5, 0.6) is 0 Å². The fraction of sp³-hybridized carbons (Fsp3) is 0.250. The fourth-order valence-electron chi connectivity index (χ4n) is 1.59. The molecule has 0 saturated heterocycles. The summed E-state index contributed by atoms with van der Waals surface area (Å²) in [5.41, 5.74) is 2.64. The smallest absolute Gasteiger partial charge is 0.238 e. The van der Waals surface area contributed by atoms with Gasteiger partial charge in [-0.2, -0.15) is 0 Å². The molecule has 1 aromatic carbocycles. The van der Waals surface area contributed by atoms with Gasteiger partial charge in [-0.15, -0.1) is 11.3 Å². The predicted octanol–water partition coefficient (Wildman–Crippen LogP) is 2.70. The normalized spacial score (nSPS) is 11.4. The zero-order chi connectivity index (χ0) is 13.2. The quantitative estimate of drug-likeness (QED) is 0.938. The fourth-order valence-corrected chi connectivity index (χ4v) is 3.70. The Morgan fingerprint density at radius 3 is 2.72 bits per heavy atom. The van der Waals surface area contributed by atoms with Crippen LogP contribution in [0.4, 0.5) is 5.13 Å². The van der Waals surface area contributed by atoms with Crippen LogP contribution in [-0.2, 0) is 15.8 Å². The molecule has 0 radical (unpaired) electrons. The minimum Gasteiger partial charge on any atom is -0.258 e. The highest BCUT2D eigenvalue weighted by Crippen LogP contribution is 2.17. The van der Waals surface area contributed by atoms with Gasteiger partial charge < -0.3 is 0 Å². The lowest BCUT2D eigenvalue weighted by Gasteiger charge is -2.05. The van der Waals surface area contributed by atoms with Gasteiger partial charge in [0.05, 0.1) is 11.4 Å². The van der Waals surface area contributed by atoms with Gasteiger partial charge in [0.2, 0.25) is 10.0 Å². The standard InChI is InChI=1S/C12H14N2O2S2/c1-9-4-3-5-11(6-9)8-18(15,16)14-12-13-10(2)7-17-12/h3-7H,8H2,1-2H3,(H,13,14). The highest BCUT2D eigenvalue weighted by Gasteiger charge is 2.13. The SMILES string of the molecule is Cc1cccc(CS(=O)(=O)Nc2nc(C)cs2)c1. The Kier molecular flexibility index (Phi) is 3.68. The van der Waals surface area contributed by atoms with E-state index in [1.807, 2.05) is 37.4 Å². The number of hydrogen-bond donors (Lipinski definition) is 1. The summed E-state index contributed by atoms with van der Waals surface area (Å²) in [6, 6.07) is 7.47. The van der Waals surface area contributed by atoms with Gasteiger partial charge in [-0.05, 0) is 19.4 Å². The van der Waals surface area contributed by atoms with E-state index in [1.165, 1.54) is 11.3 Å². The van der Waals surface area contributed by atoms with E-state index in [9.17, 15) is 8.42 Å². The third-order valence-electron chi connectivity index (χ3n) is 2.30. The van der Waals surface area contributed by atoms with Gasteiger partial charge in [0.15, 0.2) is 5.13 Å². The first-order valence-corrected chi connectivity index (χ1v) is 7.96. The number of sulfonamides is 1. The number of aromatic nitrogens is 1. The highest BCUT2D eigenvalue weighted by atomic mass is 32.2. The first-order chi connectivity index (χ1) is 8.44. The van der Waals surface area contributed by atoms with Crippen LogP contribution in [0.15, 0.2) is 29.6 Å². The minimum atomic E-state index is -3.39. The third kappa shape index (κ3) is 3.54. The number of rotatable bonds is 4. The molecule has 2 aromatic rings. The second-order valence-corrected chi connectivity index (χ2v) is 6.72. The maximum Gasteiger partial charge on any atom is 0.238 e. The summed E-state index contributed by atoms with van der Waals surface area (Å²) in [5.74, 6) is -0.0344. The van der Waals surface area contributed by atoms with Gasteiger partial charge in [-0.25, -0.2) is 13.4 Å². The van der Waals surface area contributed by atoms with Crippen molar-refractivity contribution in [2.75, 3.05) is 4.72 Å². The zero-order valence-electron chi connectivity index (χ0n) is 10.2. The summed E-state index contributed by atoms with van der Waals surface area (Å²) in [4.78, 5) is 4.08. The number of anilines is 1. The maximum absolute atomic E-state index is 11.9. The topological polar surface area (TPSA) is 59.1 Å². The Bertz CT molecular complexity index is 648. The van der Waals surface area contributed by atoms with Crippen molar-refractivity contribution in [3.05, 3.63) is 46.5 Å². The number of aryl methyl sites for hydroxylation is 2. The van der Waals surface area contributed by atoms with Gasteiger partial charge >= 0.3 is 0 Å². The van der Waals surface area contributed by atoms with E-state index in [4.69, 9.17) is 0 Å². The molecule has 6 heteroatoms. The van der Waals surface area contributed by atoms with Crippen LogP contribution in [0.2, 0.25) is 0 Å². The molecule has 0 aliphatic heterocycles. The Balaban J connectivity index is 2.12. The molecule has 0 atom stereocenters. The average Bonchev–Trinajstić information content (AvgIpc) is 2.62. The summed E-state index contributed by atoms with van der Waals surface area (Å²) in [7, 11) is -3.39. The molecule has 0 aliphatic rings. The lowest BCUT2D eigenvalue weighted by Crippen LogP contribution is -2.15. The molecular formula is C12H14N2O2S2. The van der Waals surface area contributed by atoms with Crippen molar-refractivity contribution >= 4 is 26.5 Å². The minimum absolute atomic E-state index is 0.0344. The number of nitrogens with zero attached hydrogens (tertiary/aromatic N) is 1. The largest absolute Gasteiger partial charge is 0.258 e. The number of nitrogens with one attached hydrogen (secondary N) is 1. The van der Waals surface area contributed by atoms with Crippen LogP contribution in [0.3, 0.4) is 0 Å². The first-order valence-electron chi connectivity index (χ1n) is 5.43. The summed E-state index contributed by atoms with van der Waals surface area (Å²) in [6.07, 6.45) is 0. The van der Waals surface area contributed by atoms with Gasteiger partial charge in [-0.3, -0.25) is 4.72 Å². The molecule has 18 heavy (non-hydrogen) atoms. The Hall–Kier alpha value is -1.40. The first kappa shape index (κ1) is 13.0. The highest BCUT2D eigenvalue weighted by molar-refractivity contribution is 7.92. The van der Waals surface area contributed by atoms with Crippen LogP contribution in [0.25, 0.3) is 0 Å². The molecule has 0 saturated carbocycles. The van der Waals surface area contributed by atoms with Gasteiger partial charge in [0.25, 0.3) is 0 Å². The molecule has 1 N–H and O–H groups in total. The summed E-state index contributed by atoms with van der Waals surface area (Å²) in [5, 5.41) is 2.23. The average molecular weight is 282 g/mol. The van der Waals surface area contributed by atoms with Crippen LogP contribution in [0, 0.1) is 13.8 Å². The van der Waals surface area contributed by atoms with Crippen LogP contribution < -0.4 is 4.72 Å². The molecule has 0 fully saturated rings. The molecule has 4 nitrogen and oxygen atoms in total. The van der Waals surface area contributed by atoms with E-state index in [2.05, 4.69) is 9.71 Å². The molecule has 0 unspecified atom stereocenters. The van der Waals surface area contributed by atoms with Crippen LogP contribution >= 0.6 is 11.3 Å². The molecule has 0 spiro atoms. The molecule has 2 rings (SSSR count). The monoisotopic (exact) mass is 282 g/mol. The summed E-state index contributed by atoms with van der Waals surface area (Å²) in [6.45, 7) is 3.77. The Morgan fingerprint density at radius 2 is 2.11 bits per heavy atom. The molecule has 96 valence electrons. The molecule has 0 bridgehead atoms. The Labute approximate surface area is 111 Å². The van der Waals surface area contributed by atoms with Crippen molar-refractivity contribution in [1.82, 2.24) is 4.98 Å². The third-order valence-corrected chi connectivity index (χ3v) is 4.52. The van der Waals surface area contributed by atoms with Crippen LogP contribution in [0.1, 0.15) is 16.8 Å². The van der Waals surface area contributed by atoms with E-state index in [0.29, 0.717) is 5.13 Å². The number of hydrogen-bond acceptors (Lipinski definition) is 4. The second kappa shape index (κ2) is 5.07. The second-order valence-electron chi connectivity index (χ2n) is 4.14. The van der Waals surface area contributed by atoms with Crippen molar-refractivity contribution < 1.29 is 8.42 Å². The molecule has 1 heterocycles. The van der Waals surface area contributed by atoms with Crippen molar-refractivity contribution in [2.24, 2.45) is 0 Å². The van der Waals surface area contributed by atoms with E-state index in [-0.39, 0.29) is 5.75 Å². The van der Waals surface area contributed by atoms with Crippen molar-refractivity contribution in [1.29, 1.82) is 0 Å². The summed E-state index contributed by atoms with van der Waals surface area (Å²) < 4.78 is 26.4. The molecular weight excluding hydrogens is 268 g/mol. The van der Waals surface area contributed by atoms with Gasteiger partial charge in [-0.1, -0.05) is 29.8 Å². The maximum atomic E-state index is 11.9. The van der Waals surface area contributed by atoms with Gasteiger partial charge in [0, 0.05) is 5.38 Å². The number of thiazole rings is 1.